The topological polar surface area (TPSA) is 58.8 Å². The van der Waals surface area contributed by atoms with E-state index in [0.717, 1.165) is 75.5 Å². The van der Waals surface area contributed by atoms with E-state index in [1.165, 1.54) is 5.69 Å². The van der Waals surface area contributed by atoms with Crippen LogP contribution in [0.4, 0.5) is 5.69 Å². The number of carbonyl (C=O) groups excluding carboxylic acids is 1. The predicted molar refractivity (Wildman–Crippen MR) is 129 cm³/mol. The van der Waals surface area contributed by atoms with Gasteiger partial charge in [0, 0.05) is 44.1 Å². The first-order valence-corrected chi connectivity index (χ1v) is 11.9. The zero-order chi connectivity index (χ0) is 22.6. The Balaban J connectivity index is 1.14. The van der Waals surface area contributed by atoms with E-state index in [2.05, 4.69) is 27.1 Å². The lowest BCUT2D eigenvalue weighted by Gasteiger charge is -2.36. The van der Waals surface area contributed by atoms with Crippen molar-refractivity contribution < 1.29 is 14.1 Å². The third-order valence-corrected chi connectivity index (χ3v) is 6.97. The van der Waals surface area contributed by atoms with Crippen LogP contribution in [0.1, 0.15) is 35.4 Å². The number of fused-ring (bicyclic) bond motifs is 1. The van der Waals surface area contributed by atoms with Crippen molar-refractivity contribution in [2.24, 2.45) is 5.92 Å². The summed E-state index contributed by atoms with van der Waals surface area (Å²) in [5, 5.41) is 4.23. The molecule has 1 aromatic heterocycles. The number of aryl methyl sites for hydroxylation is 1. The Hall–Kier alpha value is -3.12. The molecule has 0 amide bonds. The van der Waals surface area contributed by atoms with Gasteiger partial charge in [0.1, 0.15) is 17.2 Å². The van der Waals surface area contributed by atoms with E-state index >= 15 is 0 Å². The number of ketones is 1. The molecule has 0 spiro atoms. The number of ether oxygens (including phenoxy) is 1. The molecule has 1 saturated heterocycles. The molecular formula is C27H31N3O3. The van der Waals surface area contributed by atoms with Gasteiger partial charge in [0.15, 0.2) is 5.78 Å². The van der Waals surface area contributed by atoms with Gasteiger partial charge in [0.25, 0.3) is 0 Å². The van der Waals surface area contributed by atoms with Crippen LogP contribution in [0.5, 0.6) is 5.75 Å². The molecule has 3 aromatic rings. The van der Waals surface area contributed by atoms with E-state index in [4.69, 9.17) is 9.26 Å². The van der Waals surface area contributed by atoms with Gasteiger partial charge in [-0.2, -0.15) is 0 Å². The number of carbonyl (C=O) groups is 1. The Labute approximate surface area is 195 Å². The number of benzene rings is 2. The maximum absolute atomic E-state index is 13.3. The number of Topliss-reactive ketones (excluding diaryl/α,β-unsaturated/α-hetero) is 1. The normalized spacial score (nSPS) is 18.9. The van der Waals surface area contributed by atoms with E-state index in [0.29, 0.717) is 11.3 Å². The molecule has 2 aromatic carbocycles. The van der Waals surface area contributed by atoms with Gasteiger partial charge < -0.3 is 14.2 Å². The van der Waals surface area contributed by atoms with Crippen molar-refractivity contribution in [2.75, 3.05) is 44.7 Å². The highest BCUT2D eigenvalue weighted by Crippen LogP contribution is 2.35. The Bertz CT molecular complexity index is 1090. The third kappa shape index (κ3) is 4.53. The van der Waals surface area contributed by atoms with Crippen molar-refractivity contribution in [3.8, 4) is 17.0 Å². The molecular weight excluding hydrogens is 414 g/mol. The number of rotatable bonds is 7. The van der Waals surface area contributed by atoms with Gasteiger partial charge in [-0.1, -0.05) is 47.6 Å². The van der Waals surface area contributed by atoms with Crippen LogP contribution in [-0.2, 0) is 6.42 Å². The van der Waals surface area contributed by atoms with E-state index in [-0.39, 0.29) is 11.7 Å². The van der Waals surface area contributed by atoms with E-state index in [1.807, 2.05) is 42.5 Å². The zero-order valence-corrected chi connectivity index (χ0v) is 19.2. The van der Waals surface area contributed by atoms with Crippen LogP contribution in [0.2, 0.25) is 0 Å². The van der Waals surface area contributed by atoms with E-state index in [1.54, 1.807) is 7.11 Å². The maximum atomic E-state index is 13.3. The van der Waals surface area contributed by atoms with Crippen molar-refractivity contribution >= 4 is 11.5 Å². The zero-order valence-electron chi connectivity index (χ0n) is 19.2. The molecule has 2 heterocycles. The second kappa shape index (κ2) is 9.79. The summed E-state index contributed by atoms with van der Waals surface area (Å²) >= 11 is 0. The Morgan fingerprint density at radius 1 is 1.03 bits per heavy atom. The first-order valence-electron chi connectivity index (χ1n) is 11.9. The number of piperazine rings is 1. The summed E-state index contributed by atoms with van der Waals surface area (Å²) in [4.78, 5) is 18.2. The summed E-state index contributed by atoms with van der Waals surface area (Å²) in [6, 6.07) is 18.1. The van der Waals surface area contributed by atoms with Crippen molar-refractivity contribution in [2.45, 2.75) is 25.7 Å². The molecule has 172 valence electrons. The molecule has 1 atom stereocenters. The Morgan fingerprint density at radius 3 is 2.58 bits per heavy atom. The summed E-state index contributed by atoms with van der Waals surface area (Å²) < 4.78 is 11.1. The minimum Gasteiger partial charge on any atom is -0.495 e. The molecule has 6 heteroatoms. The highest BCUT2D eigenvalue weighted by molar-refractivity contribution is 6.04. The van der Waals surface area contributed by atoms with Crippen molar-refractivity contribution in [1.82, 2.24) is 10.1 Å². The Morgan fingerprint density at radius 2 is 1.79 bits per heavy atom. The van der Waals surface area contributed by atoms with Gasteiger partial charge in [0.2, 0.25) is 0 Å². The molecule has 0 N–H and O–H groups in total. The second-order valence-electron chi connectivity index (χ2n) is 8.94. The minimum absolute atomic E-state index is 0.0641. The van der Waals surface area contributed by atoms with Gasteiger partial charge in [-0.3, -0.25) is 9.69 Å². The summed E-state index contributed by atoms with van der Waals surface area (Å²) in [5.74, 6) is 1.96. The first-order chi connectivity index (χ1) is 16.2. The number of hydrogen-bond acceptors (Lipinski definition) is 6. The maximum Gasteiger partial charge on any atom is 0.171 e. The monoisotopic (exact) mass is 445 g/mol. The SMILES string of the molecule is COc1ccccc1N1CCN(CCCC2CCc3onc(-c4ccccc4)c3C2=O)CC1. The molecule has 2 aliphatic rings. The van der Waals surface area contributed by atoms with Crippen LogP contribution in [0.3, 0.4) is 0 Å². The number of hydrogen-bond donors (Lipinski definition) is 0. The highest BCUT2D eigenvalue weighted by atomic mass is 16.5. The molecule has 33 heavy (non-hydrogen) atoms. The largest absolute Gasteiger partial charge is 0.495 e. The van der Waals surface area contributed by atoms with Gasteiger partial charge in [-0.05, 0) is 37.9 Å². The fraction of sp³-hybridized carbons (Fsp3) is 0.407. The summed E-state index contributed by atoms with van der Waals surface area (Å²) in [7, 11) is 1.73. The minimum atomic E-state index is 0.0641. The predicted octanol–water partition coefficient (Wildman–Crippen LogP) is 4.70. The van der Waals surface area contributed by atoms with Gasteiger partial charge in [0.05, 0.1) is 18.4 Å². The number of methoxy groups -OCH3 is 1. The first kappa shape index (κ1) is 21.7. The smallest absolute Gasteiger partial charge is 0.171 e. The molecule has 6 nitrogen and oxygen atoms in total. The number of nitrogens with zero attached hydrogens (tertiary/aromatic N) is 3. The second-order valence-corrected chi connectivity index (χ2v) is 8.94. The summed E-state index contributed by atoms with van der Waals surface area (Å²) in [6.45, 7) is 5.08. The lowest BCUT2D eigenvalue weighted by molar-refractivity contribution is 0.0884. The summed E-state index contributed by atoms with van der Waals surface area (Å²) in [6.07, 6.45) is 3.61. The van der Waals surface area contributed by atoms with Crippen LogP contribution < -0.4 is 9.64 Å². The van der Waals surface area contributed by atoms with Crippen LogP contribution in [0.15, 0.2) is 59.1 Å². The van der Waals surface area contributed by atoms with Crippen molar-refractivity contribution in [1.29, 1.82) is 0 Å². The van der Waals surface area contributed by atoms with Gasteiger partial charge in [-0.15, -0.1) is 0 Å². The molecule has 1 unspecified atom stereocenters. The van der Waals surface area contributed by atoms with Crippen LogP contribution in [0, 0.1) is 5.92 Å². The molecule has 1 aliphatic carbocycles. The van der Waals surface area contributed by atoms with Crippen LogP contribution in [-0.4, -0.2) is 55.7 Å². The number of anilines is 1. The van der Waals surface area contributed by atoms with E-state index < -0.39 is 0 Å². The fourth-order valence-corrected chi connectivity index (χ4v) is 5.12. The molecule has 0 bridgehead atoms. The third-order valence-electron chi connectivity index (χ3n) is 6.97. The molecule has 1 aliphatic heterocycles. The average Bonchev–Trinajstić information content (AvgIpc) is 3.31. The average molecular weight is 446 g/mol. The van der Waals surface area contributed by atoms with Crippen molar-refractivity contribution in [3.05, 3.63) is 65.9 Å². The quantitative estimate of drug-likeness (QED) is 0.526. The molecule has 1 fully saturated rings. The lowest BCUT2D eigenvalue weighted by atomic mass is 9.82. The van der Waals surface area contributed by atoms with Crippen molar-refractivity contribution in [3.63, 3.8) is 0 Å². The number of aromatic nitrogens is 1. The van der Waals surface area contributed by atoms with Crippen LogP contribution in [0.25, 0.3) is 11.3 Å². The molecule has 5 rings (SSSR count). The Kier molecular flexibility index (Phi) is 6.44. The van der Waals surface area contributed by atoms with Gasteiger partial charge >= 0.3 is 0 Å². The standard InChI is InChI=1S/C27H31N3O3/c1-32-23-12-6-5-11-22(23)30-18-16-29(17-19-30)15-7-10-21-13-14-24-25(27(21)31)26(28-33-24)20-8-3-2-4-9-20/h2-6,8-9,11-12,21H,7,10,13-19H2,1H3. The van der Waals surface area contributed by atoms with Gasteiger partial charge in [-0.25, -0.2) is 0 Å². The molecule has 0 saturated carbocycles. The number of para-hydroxylation sites is 2. The fourth-order valence-electron chi connectivity index (χ4n) is 5.12. The summed E-state index contributed by atoms with van der Waals surface area (Å²) in [5.41, 5.74) is 3.53. The van der Waals surface area contributed by atoms with E-state index in [9.17, 15) is 4.79 Å². The van der Waals surface area contributed by atoms with Crippen LogP contribution >= 0.6 is 0 Å². The lowest BCUT2D eigenvalue weighted by Crippen LogP contribution is -2.46. The highest BCUT2D eigenvalue weighted by Gasteiger charge is 2.33. The molecule has 0 radical (unpaired) electrons.